The summed E-state index contributed by atoms with van der Waals surface area (Å²) in [5, 5.41) is 0. The van der Waals surface area contributed by atoms with E-state index in [-0.39, 0.29) is 23.7 Å². The largest absolute Gasteiger partial charge is 0.441 e. The maximum absolute atomic E-state index is 13.9. The lowest BCUT2D eigenvalue weighted by Gasteiger charge is -2.34. The predicted octanol–water partition coefficient (Wildman–Crippen LogP) is 3.00. The summed E-state index contributed by atoms with van der Waals surface area (Å²) in [6, 6.07) is 10.5. The van der Waals surface area contributed by atoms with Crippen molar-refractivity contribution in [3.63, 3.8) is 0 Å². The Labute approximate surface area is 189 Å². The molecule has 9 heteroatoms. The smallest absolute Gasteiger partial charge is 0.248 e. The molecular weight excluding hydrogens is 430 g/mol. The summed E-state index contributed by atoms with van der Waals surface area (Å²) in [4.78, 5) is 32.0. The van der Waals surface area contributed by atoms with Crippen molar-refractivity contribution in [1.29, 1.82) is 0 Å². The molecule has 1 saturated heterocycles. The highest BCUT2D eigenvalue weighted by Gasteiger charge is 2.22. The number of rotatable bonds is 7. The van der Waals surface area contributed by atoms with Crippen LogP contribution in [-0.2, 0) is 17.8 Å². The number of aryl methyl sites for hydroxylation is 1. The molecule has 1 fully saturated rings. The standard InChI is InChI=1S/C24H24F2N4O3/c25-18-5-6-19(20(26)13-18)21-14-28-22(33-21)7-8-23(31)30-11-9-29(10-12-30)15-16-1-3-17(4-2-16)24(27)32/h1-6,13-14H,7-12,15H2,(H2,27,32). The van der Waals surface area contributed by atoms with Crippen LogP contribution in [-0.4, -0.2) is 52.8 Å². The van der Waals surface area contributed by atoms with Gasteiger partial charge in [-0.15, -0.1) is 0 Å². The Kier molecular flexibility index (Phi) is 6.79. The fourth-order valence-corrected chi connectivity index (χ4v) is 3.80. The van der Waals surface area contributed by atoms with E-state index in [1.54, 1.807) is 12.1 Å². The molecular formula is C24H24F2N4O3. The molecule has 0 saturated carbocycles. The Bertz CT molecular complexity index is 1140. The molecule has 0 atom stereocenters. The molecule has 0 spiro atoms. The normalized spacial score (nSPS) is 14.4. The van der Waals surface area contributed by atoms with Crippen LogP contribution in [0.2, 0.25) is 0 Å². The van der Waals surface area contributed by atoms with Crippen LogP contribution in [0.4, 0.5) is 8.78 Å². The first kappa shape index (κ1) is 22.6. The van der Waals surface area contributed by atoms with Gasteiger partial charge in [0.1, 0.15) is 11.6 Å². The first-order valence-electron chi connectivity index (χ1n) is 10.7. The number of piperazine rings is 1. The number of hydrogen-bond donors (Lipinski definition) is 1. The van der Waals surface area contributed by atoms with Crippen LogP contribution in [0.25, 0.3) is 11.3 Å². The quantitative estimate of drug-likeness (QED) is 0.593. The molecule has 0 bridgehead atoms. The van der Waals surface area contributed by atoms with Crippen molar-refractivity contribution >= 4 is 11.8 Å². The summed E-state index contributed by atoms with van der Waals surface area (Å²) >= 11 is 0. The summed E-state index contributed by atoms with van der Waals surface area (Å²) in [7, 11) is 0. The van der Waals surface area contributed by atoms with E-state index in [2.05, 4.69) is 9.88 Å². The van der Waals surface area contributed by atoms with Crippen LogP contribution < -0.4 is 5.73 Å². The van der Waals surface area contributed by atoms with Crippen LogP contribution in [0, 0.1) is 11.6 Å². The second-order valence-corrected chi connectivity index (χ2v) is 7.96. The van der Waals surface area contributed by atoms with E-state index in [0.29, 0.717) is 31.0 Å². The molecule has 7 nitrogen and oxygen atoms in total. The molecule has 1 aromatic heterocycles. The van der Waals surface area contributed by atoms with Gasteiger partial charge in [-0.25, -0.2) is 13.8 Å². The number of benzene rings is 2. The SMILES string of the molecule is NC(=O)c1ccc(CN2CCN(C(=O)CCc3ncc(-c4ccc(F)cc4F)o3)CC2)cc1. The van der Waals surface area contributed by atoms with Gasteiger partial charge >= 0.3 is 0 Å². The van der Waals surface area contributed by atoms with E-state index in [1.807, 2.05) is 17.0 Å². The first-order valence-corrected chi connectivity index (χ1v) is 10.7. The topological polar surface area (TPSA) is 92.7 Å². The number of halogens is 2. The molecule has 2 aromatic carbocycles. The Balaban J connectivity index is 1.24. The minimum Gasteiger partial charge on any atom is -0.441 e. The molecule has 33 heavy (non-hydrogen) atoms. The summed E-state index contributed by atoms with van der Waals surface area (Å²) in [6.07, 6.45) is 1.92. The summed E-state index contributed by atoms with van der Waals surface area (Å²) < 4.78 is 32.5. The highest BCUT2D eigenvalue weighted by Crippen LogP contribution is 2.24. The second kappa shape index (κ2) is 9.91. The van der Waals surface area contributed by atoms with Gasteiger partial charge in [0, 0.05) is 57.2 Å². The van der Waals surface area contributed by atoms with Crippen LogP contribution in [0.3, 0.4) is 0 Å². The maximum atomic E-state index is 13.9. The summed E-state index contributed by atoms with van der Waals surface area (Å²) in [5.74, 6) is -1.30. The molecule has 1 aliphatic rings. The van der Waals surface area contributed by atoms with Gasteiger partial charge in [0.25, 0.3) is 0 Å². The highest BCUT2D eigenvalue weighted by molar-refractivity contribution is 5.92. The first-order chi connectivity index (χ1) is 15.9. The van der Waals surface area contributed by atoms with Crippen LogP contribution in [0.1, 0.15) is 28.2 Å². The van der Waals surface area contributed by atoms with Gasteiger partial charge in [0.15, 0.2) is 11.7 Å². The van der Waals surface area contributed by atoms with Gasteiger partial charge in [0.05, 0.1) is 11.8 Å². The zero-order valence-corrected chi connectivity index (χ0v) is 18.0. The van der Waals surface area contributed by atoms with Crippen molar-refractivity contribution in [2.45, 2.75) is 19.4 Å². The molecule has 2 amide bonds. The monoisotopic (exact) mass is 454 g/mol. The van der Waals surface area contributed by atoms with Gasteiger partial charge in [-0.1, -0.05) is 12.1 Å². The Morgan fingerprint density at radius 2 is 1.76 bits per heavy atom. The number of amides is 2. The fraction of sp³-hybridized carbons (Fsp3) is 0.292. The third-order valence-electron chi connectivity index (χ3n) is 5.67. The molecule has 2 N–H and O–H groups in total. The van der Waals surface area contributed by atoms with E-state index in [0.717, 1.165) is 37.3 Å². The maximum Gasteiger partial charge on any atom is 0.248 e. The number of nitrogens with zero attached hydrogens (tertiary/aromatic N) is 3. The lowest BCUT2D eigenvalue weighted by molar-refractivity contribution is -0.133. The van der Waals surface area contributed by atoms with Crippen molar-refractivity contribution in [1.82, 2.24) is 14.8 Å². The molecule has 1 aliphatic heterocycles. The van der Waals surface area contributed by atoms with Crippen molar-refractivity contribution in [3.05, 3.63) is 77.3 Å². The summed E-state index contributed by atoms with van der Waals surface area (Å²) in [6.45, 7) is 3.47. The fourth-order valence-electron chi connectivity index (χ4n) is 3.80. The van der Waals surface area contributed by atoms with Crippen LogP contribution in [0.5, 0.6) is 0 Å². The van der Waals surface area contributed by atoms with Gasteiger partial charge < -0.3 is 15.1 Å². The lowest BCUT2D eigenvalue weighted by atomic mass is 10.1. The van der Waals surface area contributed by atoms with E-state index in [4.69, 9.17) is 10.2 Å². The van der Waals surface area contributed by atoms with Crippen LogP contribution in [0.15, 0.2) is 53.1 Å². The number of primary amides is 1. The van der Waals surface area contributed by atoms with Gasteiger partial charge in [-0.3, -0.25) is 14.5 Å². The molecule has 172 valence electrons. The minimum atomic E-state index is -0.726. The average molecular weight is 454 g/mol. The minimum absolute atomic E-state index is 0.00757. The molecule has 4 rings (SSSR count). The number of carbonyl (C=O) groups is 2. The molecule has 0 radical (unpaired) electrons. The zero-order valence-electron chi connectivity index (χ0n) is 18.0. The van der Waals surface area contributed by atoms with E-state index >= 15 is 0 Å². The van der Waals surface area contributed by atoms with Crippen molar-refractivity contribution < 1.29 is 22.8 Å². The van der Waals surface area contributed by atoms with Crippen LogP contribution >= 0.6 is 0 Å². The van der Waals surface area contributed by atoms with E-state index in [9.17, 15) is 18.4 Å². The average Bonchev–Trinajstić information content (AvgIpc) is 3.27. The van der Waals surface area contributed by atoms with Crippen molar-refractivity contribution in [2.75, 3.05) is 26.2 Å². The number of aromatic nitrogens is 1. The third-order valence-corrected chi connectivity index (χ3v) is 5.67. The van der Waals surface area contributed by atoms with Crippen molar-refractivity contribution in [2.24, 2.45) is 5.73 Å². The number of carbonyl (C=O) groups excluding carboxylic acids is 2. The Morgan fingerprint density at radius 1 is 1.03 bits per heavy atom. The van der Waals surface area contributed by atoms with Gasteiger partial charge in [-0.05, 0) is 29.8 Å². The molecule has 3 aromatic rings. The predicted molar refractivity (Wildman–Crippen MR) is 117 cm³/mol. The van der Waals surface area contributed by atoms with E-state index < -0.39 is 17.5 Å². The summed E-state index contributed by atoms with van der Waals surface area (Å²) in [5.41, 5.74) is 6.96. The molecule has 0 aliphatic carbocycles. The van der Waals surface area contributed by atoms with E-state index in [1.165, 1.54) is 12.3 Å². The zero-order chi connectivity index (χ0) is 23.4. The van der Waals surface area contributed by atoms with Gasteiger partial charge in [-0.2, -0.15) is 0 Å². The number of nitrogens with two attached hydrogens (primary N) is 1. The second-order valence-electron chi connectivity index (χ2n) is 7.96. The number of oxazole rings is 1. The number of hydrogen-bond acceptors (Lipinski definition) is 5. The van der Waals surface area contributed by atoms with Crippen molar-refractivity contribution in [3.8, 4) is 11.3 Å². The molecule has 2 heterocycles. The molecule has 0 unspecified atom stereocenters. The highest BCUT2D eigenvalue weighted by atomic mass is 19.1. The van der Waals surface area contributed by atoms with Gasteiger partial charge in [0.2, 0.25) is 11.8 Å². The lowest BCUT2D eigenvalue weighted by Crippen LogP contribution is -2.48. The Hall–Kier alpha value is -3.59. The third kappa shape index (κ3) is 5.61. The Morgan fingerprint density at radius 3 is 2.42 bits per heavy atom.